The second-order valence-electron chi connectivity index (χ2n) is 4.27. The summed E-state index contributed by atoms with van der Waals surface area (Å²) in [6, 6.07) is 6.92. The third kappa shape index (κ3) is 2.39. The maximum atomic E-state index is 11.6. The zero-order valence-electron chi connectivity index (χ0n) is 10.9. The number of methoxy groups -OCH3 is 1. The molecular formula is C13H16N2O4. The number of anilines is 1. The molecule has 0 bridgehead atoms. The molecule has 0 aliphatic carbocycles. The highest BCUT2D eigenvalue weighted by atomic mass is 16.5. The molecule has 1 aromatic rings. The van der Waals surface area contributed by atoms with E-state index in [-0.39, 0.29) is 5.91 Å². The first kappa shape index (κ1) is 13.4. The largest absolute Gasteiger partial charge is 0.467 e. The number of para-hydroxylation sites is 1. The number of ether oxygens (including phenoxy) is 1. The molecule has 102 valence electrons. The Morgan fingerprint density at radius 1 is 1.42 bits per heavy atom. The topological polar surface area (TPSA) is 70.1 Å². The summed E-state index contributed by atoms with van der Waals surface area (Å²) in [5.74, 6) is -0.719. The molecule has 1 aliphatic rings. The summed E-state index contributed by atoms with van der Waals surface area (Å²) < 4.78 is 4.54. The molecular weight excluding hydrogens is 248 g/mol. The summed E-state index contributed by atoms with van der Waals surface area (Å²) in [7, 11) is 2.89. The standard InChI is InChI=1S/C13H16N2O4/c1-14-11(16)7-8-15(14)10-6-4-3-5-9(10)12(17)13(18)19-2/h3-6,12,17H,7-8H2,1-2H3. The van der Waals surface area contributed by atoms with Crippen molar-refractivity contribution < 1.29 is 19.4 Å². The fraction of sp³-hybridized carbons (Fsp3) is 0.385. The van der Waals surface area contributed by atoms with Crippen LogP contribution in [-0.4, -0.2) is 42.7 Å². The number of nitrogens with zero attached hydrogens (tertiary/aromatic N) is 2. The van der Waals surface area contributed by atoms with Crippen molar-refractivity contribution in [2.45, 2.75) is 12.5 Å². The van der Waals surface area contributed by atoms with E-state index < -0.39 is 12.1 Å². The Morgan fingerprint density at radius 2 is 2.11 bits per heavy atom. The fourth-order valence-electron chi connectivity index (χ4n) is 2.12. The summed E-state index contributed by atoms with van der Waals surface area (Å²) in [6.07, 6.45) is -0.940. The van der Waals surface area contributed by atoms with Gasteiger partial charge in [-0.2, -0.15) is 0 Å². The van der Waals surface area contributed by atoms with Gasteiger partial charge in [0.05, 0.1) is 12.8 Å². The smallest absolute Gasteiger partial charge is 0.339 e. The molecule has 0 spiro atoms. The lowest BCUT2D eigenvalue weighted by Gasteiger charge is -2.28. The van der Waals surface area contributed by atoms with Crippen molar-refractivity contribution in [3.05, 3.63) is 29.8 Å². The maximum Gasteiger partial charge on any atom is 0.339 e. The molecule has 1 aromatic carbocycles. The fourth-order valence-corrected chi connectivity index (χ4v) is 2.12. The van der Waals surface area contributed by atoms with Gasteiger partial charge in [-0.15, -0.1) is 0 Å². The van der Waals surface area contributed by atoms with Crippen LogP contribution in [0.2, 0.25) is 0 Å². The number of benzene rings is 1. The second-order valence-corrected chi connectivity index (χ2v) is 4.27. The third-order valence-corrected chi connectivity index (χ3v) is 3.19. The van der Waals surface area contributed by atoms with Gasteiger partial charge in [0, 0.05) is 25.6 Å². The van der Waals surface area contributed by atoms with Crippen LogP contribution in [0.15, 0.2) is 24.3 Å². The molecule has 6 nitrogen and oxygen atoms in total. The lowest BCUT2D eigenvalue weighted by atomic mass is 10.1. The predicted octanol–water partition coefficient (Wildman–Crippen LogP) is 0.476. The molecule has 1 fully saturated rings. The molecule has 1 N–H and O–H groups in total. The Bertz CT molecular complexity index is 503. The van der Waals surface area contributed by atoms with Crippen LogP contribution >= 0.6 is 0 Å². The Hall–Kier alpha value is -2.08. The van der Waals surface area contributed by atoms with Gasteiger partial charge in [0.2, 0.25) is 5.91 Å². The third-order valence-electron chi connectivity index (χ3n) is 3.19. The summed E-state index contributed by atoms with van der Waals surface area (Å²) in [5, 5.41) is 13.2. The van der Waals surface area contributed by atoms with Crippen molar-refractivity contribution >= 4 is 17.6 Å². The highest BCUT2D eigenvalue weighted by Gasteiger charge is 2.30. The molecule has 1 heterocycles. The van der Waals surface area contributed by atoms with Gasteiger partial charge in [-0.1, -0.05) is 18.2 Å². The number of aliphatic hydroxyl groups excluding tert-OH is 1. The predicted molar refractivity (Wildman–Crippen MR) is 68.2 cm³/mol. The minimum Gasteiger partial charge on any atom is -0.467 e. The van der Waals surface area contributed by atoms with E-state index in [4.69, 9.17) is 0 Å². The average Bonchev–Trinajstić information content (AvgIpc) is 2.77. The second kappa shape index (κ2) is 5.27. The molecule has 0 saturated carbocycles. The highest BCUT2D eigenvalue weighted by molar-refractivity contribution is 5.83. The van der Waals surface area contributed by atoms with Crippen molar-refractivity contribution in [2.75, 3.05) is 25.7 Å². The average molecular weight is 264 g/mol. The van der Waals surface area contributed by atoms with Gasteiger partial charge in [-0.3, -0.25) is 14.8 Å². The number of esters is 1. The Morgan fingerprint density at radius 3 is 2.68 bits per heavy atom. The van der Waals surface area contributed by atoms with Gasteiger partial charge < -0.3 is 9.84 Å². The number of hydrogen-bond acceptors (Lipinski definition) is 5. The molecule has 19 heavy (non-hydrogen) atoms. The first-order valence-corrected chi connectivity index (χ1v) is 5.95. The van der Waals surface area contributed by atoms with Crippen LogP contribution in [0.4, 0.5) is 5.69 Å². The van der Waals surface area contributed by atoms with Crippen molar-refractivity contribution in [2.24, 2.45) is 0 Å². The maximum absolute atomic E-state index is 11.6. The van der Waals surface area contributed by atoms with Crippen LogP contribution in [0, 0.1) is 0 Å². The number of amides is 1. The van der Waals surface area contributed by atoms with Crippen molar-refractivity contribution in [1.82, 2.24) is 5.01 Å². The van der Waals surface area contributed by atoms with Gasteiger partial charge in [0.1, 0.15) is 0 Å². The Balaban J connectivity index is 2.36. The number of carbonyl (C=O) groups is 2. The van der Waals surface area contributed by atoms with Crippen LogP contribution in [0.1, 0.15) is 18.1 Å². The number of carbonyl (C=O) groups excluding carboxylic acids is 2. The Labute approximate surface area is 111 Å². The minimum atomic E-state index is -1.36. The SMILES string of the molecule is COC(=O)C(O)c1ccccc1N1CCC(=O)N1C. The zero-order valence-corrected chi connectivity index (χ0v) is 10.9. The van der Waals surface area contributed by atoms with E-state index in [0.29, 0.717) is 24.2 Å². The molecule has 1 saturated heterocycles. The van der Waals surface area contributed by atoms with Crippen LogP contribution in [0.25, 0.3) is 0 Å². The van der Waals surface area contributed by atoms with Crippen LogP contribution in [0.3, 0.4) is 0 Å². The van der Waals surface area contributed by atoms with Gasteiger partial charge in [0.25, 0.3) is 0 Å². The molecule has 1 unspecified atom stereocenters. The molecule has 0 radical (unpaired) electrons. The van der Waals surface area contributed by atoms with E-state index in [1.807, 2.05) is 0 Å². The first-order chi connectivity index (χ1) is 9.06. The van der Waals surface area contributed by atoms with E-state index in [9.17, 15) is 14.7 Å². The van der Waals surface area contributed by atoms with E-state index in [1.165, 1.54) is 12.1 Å². The lowest BCUT2D eigenvalue weighted by molar-refractivity contribution is -0.150. The van der Waals surface area contributed by atoms with E-state index in [2.05, 4.69) is 4.74 Å². The molecule has 1 amide bonds. The first-order valence-electron chi connectivity index (χ1n) is 5.95. The van der Waals surface area contributed by atoms with E-state index >= 15 is 0 Å². The summed E-state index contributed by atoms with van der Waals surface area (Å²) >= 11 is 0. The number of rotatable bonds is 3. The quantitative estimate of drug-likeness (QED) is 0.804. The van der Waals surface area contributed by atoms with Crippen LogP contribution in [-0.2, 0) is 14.3 Å². The van der Waals surface area contributed by atoms with Gasteiger partial charge >= 0.3 is 5.97 Å². The monoisotopic (exact) mass is 264 g/mol. The molecule has 1 atom stereocenters. The number of hydrazine groups is 1. The van der Waals surface area contributed by atoms with Crippen LogP contribution in [0.5, 0.6) is 0 Å². The van der Waals surface area contributed by atoms with Crippen molar-refractivity contribution in [1.29, 1.82) is 0 Å². The highest BCUT2D eigenvalue weighted by Crippen LogP contribution is 2.30. The van der Waals surface area contributed by atoms with Gasteiger partial charge in [-0.05, 0) is 6.07 Å². The van der Waals surface area contributed by atoms with Crippen molar-refractivity contribution in [3.8, 4) is 0 Å². The molecule has 0 aromatic heterocycles. The number of hydrogen-bond donors (Lipinski definition) is 1. The summed E-state index contributed by atoms with van der Waals surface area (Å²) in [5.41, 5.74) is 1.06. The molecule has 6 heteroatoms. The van der Waals surface area contributed by atoms with Gasteiger partial charge in [-0.25, -0.2) is 4.79 Å². The zero-order chi connectivity index (χ0) is 14.0. The van der Waals surface area contributed by atoms with Crippen molar-refractivity contribution in [3.63, 3.8) is 0 Å². The molecule has 1 aliphatic heterocycles. The molecule has 2 rings (SSSR count). The van der Waals surface area contributed by atoms with E-state index in [0.717, 1.165) is 0 Å². The lowest BCUT2D eigenvalue weighted by Crippen LogP contribution is -2.36. The minimum absolute atomic E-state index is 0.00219. The summed E-state index contributed by atoms with van der Waals surface area (Å²) in [4.78, 5) is 23.0. The Kier molecular flexibility index (Phi) is 3.71. The van der Waals surface area contributed by atoms with E-state index in [1.54, 1.807) is 36.3 Å². The van der Waals surface area contributed by atoms with Crippen LogP contribution < -0.4 is 5.01 Å². The van der Waals surface area contributed by atoms with Gasteiger partial charge in [0.15, 0.2) is 6.10 Å². The number of aliphatic hydroxyl groups is 1. The normalized spacial score (nSPS) is 16.7. The summed E-state index contributed by atoms with van der Waals surface area (Å²) in [6.45, 7) is 0.528.